The topological polar surface area (TPSA) is 69.2 Å². The first kappa shape index (κ1) is 10.3. The monoisotopic (exact) mass is 320 g/mol. The van der Waals surface area contributed by atoms with E-state index in [1.54, 1.807) is 0 Å². The standard InChI is InChI=1S/ClO3Si.Pb.H/c1-5(2,3)4;;/q-3;+3;. The Bertz CT molecular complexity index is 26.3. The van der Waals surface area contributed by atoms with Crippen molar-refractivity contribution in [2.45, 2.75) is 0 Å². The van der Waals surface area contributed by atoms with Crippen LogP contribution in [0, 0.1) is 0 Å². The van der Waals surface area contributed by atoms with Crippen LogP contribution in [0.2, 0.25) is 0 Å². The van der Waals surface area contributed by atoms with Crippen molar-refractivity contribution in [1.82, 2.24) is 0 Å². The molecule has 6 heteroatoms. The van der Waals surface area contributed by atoms with Crippen molar-refractivity contribution in [3.8, 4) is 0 Å². The van der Waals surface area contributed by atoms with E-state index in [2.05, 4.69) is 11.1 Å². The van der Waals surface area contributed by atoms with Gasteiger partial charge in [0.25, 0.3) is 0 Å². The van der Waals surface area contributed by atoms with Crippen LogP contribution in [0.3, 0.4) is 0 Å². The quantitative estimate of drug-likeness (QED) is 0.338. The molecule has 0 aromatic carbocycles. The predicted molar refractivity (Wildman–Crippen MR) is 18.8 cm³/mol. The Labute approximate surface area is 60.8 Å². The molecular weight excluding hydrogens is 319 g/mol. The fraction of sp³-hybridized carbons (Fsp3) is 0. The van der Waals surface area contributed by atoms with Crippen LogP contribution in [0.1, 0.15) is 0 Å². The third kappa shape index (κ3) is 57.5. The molecule has 3 nitrogen and oxygen atoms in total. The fourth-order valence-corrected chi connectivity index (χ4v) is 0. The zero-order valence-corrected chi connectivity index (χ0v) is 8.92. The molecular formula is HClO3PbSi. The molecule has 0 aliphatic carbocycles. The fourth-order valence-electron chi connectivity index (χ4n) is 0. The molecule has 6 heavy (non-hydrogen) atoms. The Morgan fingerprint density at radius 1 is 1.17 bits per heavy atom. The molecule has 0 unspecified atom stereocenters. The molecule has 0 saturated carbocycles. The molecule has 0 aliphatic heterocycles. The summed E-state index contributed by atoms with van der Waals surface area (Å²) in [6.07, 6.45) is 0. The molecule has 0 radical (unpaired) electrons. The van der Waals surface area contributed by atoms with Crippen LogP contribution in [0.25, 0.3) is 0 Å². The summed E-state index contributed by atoms with van der Waals surface area (Å²) >= 11 is 4.00. The molecule has 0 aliphatic rings. The molecule has 0 heterocycles. The number of hydrogen-bond acceptors (Lipinski definition) is 3. The van der Waals surface area contributed by atoms with Gasteiger partial charge in [0.2, 0.25) is 0 Å². The molecule has 0 aromatic rings. The number of halogens is 1. The average Bonchev–Trinajstić information content (AvgIpc) is 0.722. The van der Waals surface area contributed by atoms with E-state index >= 15 is 0 Å². The predicted octanol–water partition coefficient (Wildman–Crippen LogP) is -3.91. The summed E-state index contributed by atoms with van der Waals surface area (Å²) in [5.74, 6) is 0. The van der Waals surface area contributed by atoms with Gasteiger partial charge in [0.05, 0.1) is 0 Å². The van der Waals surface area contributed by atoms with Gasteiger partial charge >= 0.3 is 27.3 Å². The molecule has 0 spiro atoms. The molecule has 0 fully saturated rings. The SMILES string of the molecule is [O-][Si]([O-])([O-])Cl.[PbH+3]. The van der Waals surface area contributed by atoms with E-state index in [4.69, 9.17) is 14.4 Å². The van der Waals surface area contributed by atoms with Gasteiger partial charge in [-0.25, -0.2) is 11.1 Å². The van der Waals surface area contributed by atoms with Crippen LogP contribution in [0.15, 0.2) is 0 Å². The molecule has 0 aromatic heterocycles. The van der Waals surface area contributed by atoms with Gasteiger partial charge in [0.15, 0.2) is 0 Å². The normalized spacial score (nSPS) is 10.0. The molecule has 34 valence electrons. The van der Waals surface area contributed by atoms with Crippen LogP contribution < -0.4 is 14.4 Å². The Balaban J connectivity index is 0. The minimum atomic E-state index is -4.89. The van der Waals surface area contributed by atoms with Gasteiger partial charge in [-0.2, -0.15) is 8.11 Å². The van der Waals surface area contributed by atoms with E-state index in [1.807, 2.05) is 0 Å². The van der Waals surface area contributed by atoms with E-state index in [-0.39, 0.29) is 27.3 Å². The zero-order chi connectivity index (χ0) is 4.50. The molecule has 0 saturated heterocycles. The summed E-state index contributed by atoms with van der Waals surface area (Å²) in [6, 6.07) is 0. The van der Waals surface area contributed by atoms with E-state index in [1.165, 1.54) is 0 Å². The summed E-state index contributed by atoms with van der Waals surface area (Å²) in [7, 11) is -4.89. The second-order valence-corrected chi connectivity index (χ2v) is 2.83. The van der Waals surface area contributed by atoms with Crippen LogP contribution in [0.5, 0.6) is 0 Å². The van der Waals surface area contributed by atoms with Crippen molar-refractivity contribution >= 4 is 46.5 Å². The van der Waals surface area contributed by atoms with Gasteiger partial charge in [-0.3, -0.25) is 0 Å². The van der Waals surface area contributed by atoms with Crippen LogP contribution in [0.4, 0.5) is 0 Å². The summed E-state index contributed by atoms with van der Waals surface area (Å²) < 4.78 is 0. The average molecular weight is 320 g/mol. The summed E-state index contributed by atoms with van der Waals surface area (Å²) in [5.41, 5.74) is 0. The van der Waals surface area contributed by atoms with Crippen molar-refractivity contribution in [1.29, 1.82) is 0 Å². The van der Waals surface area contributed by atoms with Gasteiger partial charge in [-0.15, -0.1) is 0 Å². The maximum atomic E-state index is 8.90. The van der Waals surface area contributed by atoms with Gasteiger partial charge in [-0.1, -0.05) is 0 Å². The van der Waals surface area contributed by atoms with Crippen LogP contribution >= 0.6 is 11.1 Å². The third-order valence-electron chi connectivity index (χ3n) is 0. The van der Waals surface area contributed by atoms with Gasteiger partial charge in [0, 0.05) is 0 Å². The van der Waals surface area contributed by atoms with E-state index in [0.717, 1.165) is 0 Å². The molecule has 0 bridgehead atoms. The van der Waals surface area contributed by atoms with E-state index in [9.17, 15) is 0 Å². The first-order valence-corrected chi connectivity index (χ1v) is 3.54. The summed E-state index contributed by atoms with van der Waals surface area (Å²) in [6.45, 7) is 0. The second kappa shape index (κ2) is 3.33. The van der Waals surface area contributed by atoms with E-state index in [0.29, 0.717) is 0 Å². The first-order valence-electron chi connectivity index (χ1n) is 0.801. The Morgan fingerprint density at radius 2 is 1.17 bits per heavy atom. The molecule has 0 atom stereocenters. The first-order chi connectivity index (χ1) is 2.00. The summed E-state index contributed by atoms with van der Waals surface area (Å²) in [4.78, 5) is 26.7. The Kier molecular flexibility index (Phi) is 5.73. The van der Waals surface area contributed by atoms with Crippen molar-refractivity contribution < 1.29 is 14.4 Å². The van der Waals surface area contributed by atoms with Gasteiger partial charge in [0.1, 0.15) is 0 Å². The van der Waals surface area contributed by atoms with Crippen LogP contribution in [-0.2, 0) is 0 Å². The summed E-state index contributed by atoms with van der Waals surface area (Å²) in [5, 5.41) is 0. The molecule has 0 rings (SSSR count). The van der Waals surface area contributed by atoms with Crippen molar-refractivity contribution in [2.75, 3.05) is 0 Å². The minimum absolute atomic E-state index is 0. The second-order valence-electron chi connectivity index (χ2n) is 0.481. The molecule has 0 amide bonds. The number of rotatable bonds is 0. The van der Waals surface area contributed by atoms with Crippen LogP contribution in [-0.4, -0.2) is 35.4 Å². The van der Waals surface area contributed by atoms with Gasteiger partial charge in [-0.05, 0) is 0 Å². The van der Waals surface area contributed by atoms with Crippen molar-refractivity contribution in [3.63, 3.8) is 0 Å². The Hall–Kier alpha value is 1.31. The van der Waals surface area contributed by atoms with Gasteiger partial charge < -0.3 is 14.4 Å². The van der Waals surface area contributed by atoms with Crippen molar-refractivity contribution in [3.05, 3.63) is 0 Å². The zero-order valence-electron chi connectivity index (χ0n) is 2.68. The molecule has 0 N–H and O–H groups in total. The maximum absolute atomic E-state index is 8.90. The van der Waals surface area contributed by atoms with Crippen molar-refractivity contribution in [2.24, 2.45) is 0 Å². The van der Waals surface area contributed by atoms with E-state index < -0.39 is 8.11 Å². The number of hydrogen-bond donors (Lipinski definition) is 0. The third-order valence-corrected chi connectivity index (χ3v) is 0. The Morgan fingerprint density at radius 3 is 1.17 bits per heavy atom.